The standard InChI is InChI=1S/C22H28N2O3/c1-26-21-11-10-18(13-20(21)23)22(25)24-14-17-8-5-9-19(12-17)27-15-16-6-3-2-4-7-16/h2-9,12,18,20-21H,10-11,13-15,23H2,1H3,(H,24,25)/t18-,20+,21+/m0/s1. The first-order valence-electron chi connectivity index (χ1n) is 9.47. The first-order chi connectivity index (χ1) is 13.2. The van der Waals surface area contributed by atoms with Crippen molar-refractivity contribution in [2.75, 3.05) is 7.11 Å². The quantitative estimate of drug-likeness (QED) is 0.788. The van der Waals surface area contributed by atoms with E-state index >= 15 is 0 Å². The van der Waals surface area contributed by atoms with Gasteiger partial charge in [0.05, 0.1) is 6.10 Å². The van der Waals surface area contributed by atoms with E-state index in [4.69, 9.17) is 15.2 Å². The molecule has 0 aromatic heterocycles. The summed E-state index contributed by atoms with van der Waals surface area (Å²) in [6.07, 6.45) is 2.38. The van der Waals surface area contributed by atoms with Gasteiger partial charge in [0.25, 0.3) is 0 Å². The van der Waals surface area contributed by atoms with Crippen LogP contribution in [0.4, 0.5) is 0 Å². The van der Waals surface area contributed by atoms with Crippen LogP contribution in [0.2, 0.25) is 0 Å². The monoisotopic (exact) mass is 368 g/mol. The summed E-state index contributed by atoms with van der Waals surface area (Å²) in [5, 5.41) is 3.03. The molecular formula is C22H28N2O3. The second-order valence-electron chi connectivity index (χ2n) is 7.09. The predicted octanol–water partition coefficient (Wildman–Crippen LogP) is 3.02. The van der Waals surface area contributed by atoms with Crippen molar-refractivity contribution in [3.8, 4) is 5.75 Å². The smallest absolute Gasteiger partial charge is 0.223 e. The van der Waals surface area contributed by atoms with Crippen LogP contribution in [0.5, 0.6) is 5.75 Å². The van der Waals surface area contributed by atoms with Gasteiger partial charge in [-0.3, -0.25) is 4.79 Å². The fourth-order valence-electron chi connectivity index (χ4n) is 3.53. The van der Waals surface area contributed by atoms with Crippen LogP contribution < -0.4 is 15.8 Å². The largest absolute Gasteiger partial charge is 0.489 e. The lowest BCUT2D eigenvalue weighted by Crippen LogP contribution is -2.45. The van der Waals surface area contributed by atoms with E-state index in [1.807, 2.05) is 54.6 Å². The predicted molar refractivity (Wildman–Crippen MR) is 105 cm³/mol. The van der Waals surface area contributed by atoms with Crippen LogP contribution in [0, 0.1) is 5.92 Å². The van der Waals surface area contributed by atoms with Gasteiger partial charge in [-0.15, -0.1) is 0 Å². The topological polar surface area (TPSA) is 73.6 Å². The van der Waals surface area contributed by atoms with Crippen molar-refractivity contribution in [3.05, 3.63) is 65.7 Å². The fourth-order valence-corrected chi connectivity index (χ4v) is 3.53. The molecule has 1 amide bonds. The lowest BCUT2D eigenvalue weighted by atomic mass is 9.83. The van der Waals surface area contributed by atoms with E-state index in [1.165, 1.54) is 0 Å². The van der Waals surface area contributed by atoms with E-state index in [1.54, 1.807) is 7.11 Å². The molecule has 0 heterocycles. The van der Waals surface area contributed by atoms with E-state index in [0.29, 0.717) is 19.6 Å². The molecule has 1 aliphatic carbocycles. The van der Waals surface area contributed by atoms with E-state index in [0.717, 1.165) is 29.7 Å². The zero-order valence-electron chi connectivity index (χ0n) is 15.8. The number of amides is 1. The molecule has 1 saturated carbocycles. The normalized spacial score (nSPS) is 22.2. The average Bonchev–Trinajstić information content (AvgIpc) is 2.71. The highest BCUT2D eigenvalue weighted by atomic mass is 16.5. The number of methoxy groups -OCH3 is 1. The van der Waals surface area contributed by atoms with Crippen LogP contribution in [-0.4, -0.2) is 25.2 Å². The number of nitrogens with one attached hydrogen (secondary N) is 1. The van der Waals surface area contributed by atoms with Gasteiger partial charge in [0.1, 0.15) is 12.4 Å². The van der Waals surface area contributed by atoms with Crippen LogP contribution in [-0.2, 0) is 22.7 Å². The molecule has 5 nitrogen and oxygen atoms in total. The number of ether oxygens (including phenoxy) is 2. The molecule has 0 bridgehead atoms. The third-order valence-corrected chi connectivity index (χ3v) is 5.12. The Morgan fingerprint density at radius 2 is 1.89 bits per heavy atom. The Hall–Kier alpha value is -2.37. The molecule has 1 fully saturated rings. The lowest BCUT2D eigenvalue weighted by molar-refractivity contribution is -0.127. The minimum absolute atomic E-state index is 0.0380. The summed E-state index contributed by atoms with van der Waals surface area (Å²) >= 11 is 0. The van der Waals surface area contributed by atoms with E-state index < -0.39 is 0 Å². The molecule has 0 spiro atoms. The average molecular weight is 368 g/mol. The number of hydrogen-bond acceptors (Lipinski definition) is 4. The number of carbonyl (C=O) groups is 1. The minimum atomic E-state index is -0.0748. The molecule has 0 unspecified atom stereocenters. The van der Waals surface area contributed by atoms with Gasteiger partial charge in [-0.25, -0.2) is 0 Å². The second kappa shape index (κ2) is 9.53. The first-order valence-corrected chi connectivity index (χ1v) is 9.47. The van der Waals surface area contributed by atoms with Crippen molar-refractivity contribution in [1.29, 1.82) is 0 Å². The van der Waals surface area contributed by atoms with E-state index in [-0.39, 0.29) is 24.0 Å². The van der Waals surface area contributed by atoms with Crippen LogP contribution in [0.25, 0.3) is 0 Å². The summed E-state index contributed by atoms with van der Waals surface area (Å²) < 4.78 is 11.2. The number of nitrogens with two attached hydrogens (primary N) is 1. The third kappa shape index (κ3) is 5.55. The summed E-state index contributed by atoms with van der Waals surface area (Å²) in [4.78, 5) is 12.5. The van der Waals surface area contributed by atoms with E-state index in [2.05, 4.69) is 5.32 Å². The molecule has 1 aliphatic rings. The van der Waals surface area contributed by atoms with Gasteiger partial charge in [-0.1, -0.05) is 42.5 Å². The summed E-state index contributed by atoms with van der Waals surface area (Å²) in [5.74, 6) is 0.827. The van der Waals surface area contributed by atoms with Crippen LogP contribution in [0.3, 0.4) is 0 Å². The zero-order chi connectivity index (χ0) is 19.1. The third-order valence-electron chi connectivity index (χ3n) is 5.12. The highest BCUT2D eigenvalue weighted by molar-refractivity contribution is 5.78. The fraction of sp³-hybridized carbons (Fsp3) is 0.409. The molecular weight excluding hydrogens is 340 g/mol. The highest BCUT2D eigenvalue weighted by Crippen LogP contribution is 2.25. The molecule has 27 heavy (non-hydrogen) atoms. The molecule has 0 radical (unpaired) electrons. The number of benzene rings is 2. The Balaban J connectivity index is 1.49. The van der Waals surface area contributed by atoms with E-state index in [9.17, 15) is 4.79 Å². The number of hydrogen-bond donors (Lipinski definition) is 2. The number of rotatable bonds is 7. The first kappa shape index (κ1) is 19.4. The summed E-state index contributed by atoms with van der Waals surface area (Å²) in [7, 11) is 1.68. The maximum absolute atomic E-state index is 12.5. The molecule has 3 atom stereocenters. The molecule has 3 N–H and O–H groups in total. The van der Waals surface area contributed by atoms with Crippen molar-refractivity contribution in [1.82, 2.24) is 5.32 Å². The summed E-state index contributed by atoms with van der Waals surface area (Å²) in [6, 6.07) is 17.8. The second-order valence-corrected chi connectivity index (χ2v) is 7.09. The zero-order valence-corrected chi connectivity index (χ0v) is 15.8. The van der Waals surface area contributed by atoms with Crippen molar-refractivity contribution in [2.24, 2.45) is 11.7 Å². The van der Waals surface area contributed by atoms with Gasteiger partial charge in [0, 0.05) is 25.6 Å². The van der Waals surface area contributed by atoms with Crippen LogP contribution in [0.1, 0.15) is 30.4 Å². The Bertz CT molecular complexity index is 735. The maximum atomic E-state index is 12.5. The Morgan fingerprint density at radius 1 is 1.11 bits per heavy atom. The van der Waals surface area contributed by atoms with Gasteiger partial charge in [-0.2, -0.15) is 0 Å². The number of carbonyl (C=O) groups excluding carboxylic acids is 1. The minimum Gasteiger partial charge on any atom is -0.489 e. The Labute approximate surface area is 160 Å². The van der Waals surface area contributed by atoms with Crippen molar-refractivity contribution < 1.29 is 14.3 Å². The van der Waals surface area contributed by atoms with Gasteiger partial charge < -0.3 is 20.5 Å². The van der Waals surface area contributed by atoms with Gasteiger partial charge in [-0.05, 0) is 42.5 Å². The van der Waals surface area contributed by atoms with Crippen LogP contribution in [0.15, 0.2) is 54.6 Å². The molecule has 0 saturated heterocycles. The lowest BCUT2D eigenvalue weighted by Gasteiger charge is -2.32. The molecule has 144 valence electrons. The van der Waals surface area contributed by atoms with Crippen LogP contribution >= 0.6 is 0 Å². The van der Waals surface area contributed by atoms with Gasteiger partial charge in [0.15, 0.2) is 0 Å². The van der Waals surface area contributed by atoms with Crippen molar-refractivity contribution in [3.63, 3.8) is 0 Å². The molecule has 5 heteroatoms. The van der Waals surface area contributed by atoms with Gasteiger partial charge in [0.2, 0.25) is 5.91 Å². The molecule has 2 aromatic carbocycles. The molecule has 2 aromatic rings. The molecule has 3 rings (SSSR count). The SMILES string of the molecule is CO[C@@H]1CC[C@H](C(=O)NCc2cccc(OCc3ccccc3)c2)C[C@H]1N. The Morgan fingerprint density at radius 3 is 2.63 bits per heavy atom. The summed E-state index contributed by atoms with van der Waals surface area (Å²) in [5.41, 5.74) is 8.25. The molecule has 0 aliphatic heterocycles. The summed E-state index contributed by atoms with van der Waals surface area (Å²) in [6.45, 7) is 1.01. The van der Waals surface area contributed by atoms with Gasteiger partial charge >= 0.3 is 0 Å². The maximum Gasteiger partial charge on any atom is 0.223 e. The Kier molecular flexibility index (Phi) is 6.85. The van der Waals surface area contributed by atoms with Crippen molar-refractivity contribution in [2.45, 2.75) is 44.6 Å². The highest BCUT2D eigenvalue weighted by Gasteiger charge is 2.31. The van der Waals surface area contributed by atoms with Crippen molar-refractivity contribution >= 4 is 5.91 Å².